The molecule has 0 amide bonds. The number of halogens is 3. The molecule has 1 aliphatic rings. The Morgan fingerprint density at radius 2 is 2.09 bits per heavy atom. The molecule has 1 saturated heterocycles. The minimum atomic E-state index is -4.68. The normalized spacial score (nSPS) is 19.3. The van der Waals surface area contributed by atoms with Crippen LogP contribution in [0, 0.1) is 6.92 Å². The van der Waals surface area contributed by atoms with Gasteiger partial charge in [0.2, 0.25) is 0 Å². The van der Waals surface area contributed by atoms with Gasteiger partial charge in [0, 0.05) is 17.5 Å². The quantitative estimate of drug-likeness (QED) is 0.824. The van der Waals surface area contributed by atoms with Gasteiger partial charge in [0.05, 0.1) is 17.3 Å². The van der Waals surface area contributed by atoms with Gasteiger partial charge in [-0.1, -0.05) is 0 Å². The number of alkyl halides is 3. The third-order valence-electron chi connectivity index (χ3n) is 4.11. The molecule has 0 spiro atoms. The van der Waals surface area contributed by atoms with Crippen LogP contribution in [0.25, 0.3) is 10.9 Å². The predicted molar refractivity (Wildman–Crippen MR) is 78.1 cm³/mol. The Balaban J connectivity index is 2.23. The van der Waals surface area contributed by atoms with Gasteiger partial charge >= 0.3 is 13.3 Å². The maximum atomic E-state index is 13.3. The van der Waals surface area contributed by atoms with Crippen molar-refractivity contribution in [2.75, 3.05) is 6.61 Å². The maximum absolute atomic E-state index is 13.3. The lowest BCUT2D eigenvalue weighted by molar-refractivity contribution is -0.137. The van der Waals surface area contributed by atoms with Crippen molar-refractivity contribution in [2.45, 2.75) is 38.6 Å². The van der Waals surface area contributed by atoms with Crippen molar-refractivity contribution in [3.8, 4) is 0 Å². The minimum Gasteiger partial charge on any atom is -0.423 e. The number of ether oxygens (including phenoxy) is 1. The van der Waals surface area contributed by atoms with Gasteiger partial charge in [-0.05, 0) is 37.8 Å². The molecule has 2 N–H and O–H groups in total. The molecule has 0 bridgehead atoms. The second-order valence-corrected chi connectivity index (χ2v) is 5.70. The van der Waals surface area contributed by atoms with Gasteiger partial charge in [0.25, 0.3) is 0 Å². The molecule has 23 heavy (non-hydrogen) atoms. The minimum absolute atomic E-state index is 0.0760. The zero-order valence-corrected chi connectivity index (χ0v) is 12.5. The number of aromatic nitrogens is 2. The molecule has 0 radical (unpaired) electrons. The van der Waals surface area contributed by atoms with E-state index in [1.165, 1.54) is 23.9 Å². The van der Waals surface area contributed by atoms with E-state index in [9.17, 15) is 23.2 Å². The van der Waals surface area contributed by atoms with Crippen LogP contribution >= 0.6 is 0 Å². The molecule has 0 saturated carbocycles. The lowest BCUT2D eigenvalue weighted by Gasteiger charge is -2.24. The fourth-order valence-corrected chi connectivity index (χ4v) is 3.14. The van der Waals surface area contributed by atoms with E-state index in [0.717, 1.165) is 12.8 Å². The monoisotopic (exact) mass is 328 g/mol. The van der Waals surface area contributed by atoms with Crippen molar-refractivity contribution < 1.29 is 28.0 Å². The second-order valence-electron chi connectivity index (χ2n) is 5.70. The fourth-order valence-electron chi connectivity index (χ4n) is 3.14. The Labute approximate surface area is 130 Å². The molecular formula is C14H16BF3N2O3. The Hall–Kier alpha value is -1.58. The first-order chi connectivity index (χ1) is 10.8. The highest BCUT2D eigenvalue weighted by molar-refractivity contribution is 6.62. The molecule has 1 aromatic heterocycles. The summed E-state index contributed by atoms with van der Waals surface area (Å²) in [5.41, 5.74) is -1.25. The van der Waals surface area contributed by atoms with Crippen LogP contribution in [0.1, 0.15) is 36.6 Å². The summed E-state index contributed by atoms with van der Waals surface area (Å²) in [5, 5.41) is 23.2. The average molecular weight is 328 g/mol. The summed E-state index contributed by atoms with van der Waals surface area (Å²) in [6.07, 6.45) is -1.19. The number of nitrogens with zero attached hydrogens (tertiary/aromatic N) is 2. The molecule has 1 unspecified atom stereocenters. The highest BCUT2D eigenvalue weighted by atomic mass is 19.4. The number of rotatable bonds is 2. The molecule has 1 atom stereocenters. The van der Waals surface area contributed by atoms with Gasteiger partial charge in [-0.3, -0.25) is 0 Å². The van der Waals surface area contributed by atoms with Gasteiger partial charge in [-0.25, -0.2) is 4.68 Å². The SMILES string of the molecule is Cc1cc2c(cnn2C2CCCCO2)c(B(O)O)c1C(F)(F)F. The standard InChI is InChI=1S/C14H16BF3N2O3/c1-8-6-10-9(13(15(21)22)12(8)14(16,17)18)7-19-20(10)11-4-2-3-5-23-11/h6-7,11,21-22H,2-5H2,1H3. The van der Waals surface area contributed by atoms with Crippen LogP contribution in [0.5, 0.6) is 0 Å². The van der Waals surface area contributed by atoms with Crippen molar-refractivity contribution >= 4 is 23.5 Å². The topological polar surface area (TPSA) is 67.5 Å². The largest absolute Gasteiger partial charge is 0.489 e. The Kier molecular flexibility index (Phi) is 4.11. The summed E-state index contributed by atoms with van der Waals surface area (Å²) in [5.74, 6) is 0. The van der Waals surface area contributed by atoms with E-state index in [2.05, 4.69) is 5.10 Å². The van der Waals surface area contributed by atoms with Gasteiger partial charge in [-0.2, -0.15) is 18.3 Å². The lowest BCUT2D eigenvalue weighted by Crippen LogP contribution is -2.37. The van der Waals surface area contributed by atoms with Crippen molar-refractivity contribution in [3.05, 3.63) is 23.4 Å². The third kappa shape index (κ3) is 2.84. The predicted octanol–water partition coefficient (Wildman–Crippen LogP) is 1.74. The van der Waals surface area contributed by atoms with E-state index < -0.39 is 24.3 Å². The number of hydrogen-bond donors (Lipinski definition) is 2. The zero-order chi connectivity index (χ0) is 16.8. The number of benzene rings is 1. The molecular weight excluding hydrogens is 312 g/mol. The highest BCUT2D eigenvalue weighted by Crippen LogP contribution is 2.34. The molecule has 1 aromatic carbocycles. The van der Waals surface area contributed by atoms with Crippen LogP contribution in [0.2, 0.25) is 0 Å². The molecule has 1 fully saturated rings. The molecule has 9 heteroatoms. The molecule has 1 aliphatic heterocycles. The summed E-state index contributed by atoms with van der Waals surface area (Å²) in [4.78, 5) is 0. The summed E-state index contributed by atoms with van der Waals surface area (Å²) < 4.78 is 47.0. The first-order valence-electron chi connectivity index (χ1n) is 7.36. The third-order valence-corrected chi connectivity index (χ3v) is 4.11. The first kappa shape index (κ1) is 16.3. The smallest absolute Gasteiger partial charge is 0.423 e. The van der Waals surface area contributed by atoms with Crippen LogP contribution in [0.15, 0.2) is 12.3 Å². The van der Waals surface area contributed by atoms with Crippen molar-refractivity contribution in [1.82, 2.24) is 9.78 Å². The molecule has 0 aliphatic carbocycles. The van der Waals surface area contributed by atoms with Crippen molar-refractivity contribution in [1.29, 1.82) is 0 Å². The Morgan fingerprint density at radius 1 is 1.35 bits per heavy atom. The van der Waals surface area contributed by atoms with Crippen LogP contribution in [-0.2, 0) is 10.9 Å². The van der Waals surface area contributed by atoms with E-state index in [1.54, 1.807) is 0 Å². The molecule has 5 nitrogen and oxygen atoms in total. The van der Waals surface area contributed by atoms with Crippen molar-refractivity contribution in [3.63, 3.8) is 0 Å². The Morgan fingerprint density at radius 3 is 2.65 bits per heavy atom. The molecule has 3 rings (SSSR count). The van der Waals surface area contributed by atoms with Gasteiger partial charge in [0.1, 0.15) is 0 Å². The van der Waals surface area contributed by atoms with E-state index in [-0.39, 0.29) is 17.2 Å². The summed E-state index contributed by atoms with van der Waals surface area (Å²) in [6.45, 7) is 1.87. The average Bonchev–Trinajstić information content (AvgIpc) is 2.88. The van der Waals surface area contributed by atoms with E-state index in [1.807, 2.05) is 0 Å². The number of hydrogen-bond acceptors (Lipinski definition) is 4. The van der Waals surface area contributed by atoms with Gasteiger partial charge in [0.15, 0.2) is 6.23 Å². The van der Waals surface area contributed by atoms with E-state index in [4.69, 9.17) is 4.74 Å². The molecule has 2 aromatic rings. The van der Waals surface area contributed by atoms with Gasteiger partial charge in [-0.15, -0.1) is 0 Å². The van der Waals surface area contributed by atoms with Crippen LogP contribution < -0.4 is 5.46 Å². The highest BCUT2D eigenvalue weighted by Gasteiger charge is 2.40. The van der Waals surface area contributed by atoms with Crippen LogP contribution in [0.4, 0.5) is 13.2 Å². The van der Waals surface area contributed by atoms with E-state index >= 15 is 0 Å². The van der Waals surface area contributed by atoms with Crippen LogP contribution in [-0.4, -0.2) is 33.6 Å². The molecule has 2 heterocycles. The number of aryl methyl sites for hydroxylation is 1. The lowest BCUT2D eigenvalue weighted by atomic mass is 9.73. The van der Waals surface area contributed by atoms with Crippen LogP contribution in [0.3, 0.4) is 0 Å². The zero-order valence-electron chi connectivity index (χ0n) is 12.5. The first-order valence-corrected chi connectivity index (χ1v) is 7.36. The summed E-state index contributed by atoms with van der Waals surface area (Å²) >= 11 is 0. The Bertz CT molecular complexity index is 724. The van der Waals surface area contributed by atoms with Crippen molar-refractivity contribution in [2.24, 2.45) is 0 Å². The number of fused-ring (bicyclic) bond motifs is 1. The van der Waals surface area contributed by atoms with Gasteiger partial charge < -0.3 is 14.8 Å². The fraction of sp³-hybridized carbons (Fsp3) is 0.500. The van der Waals surface area contributed by atoms with E-state index in [0.29, 0.717) is 18.5 Å². The summed E-state index contributed by atoms with van der Waals surface area (Å²) in [7, 11) is -2.24. The summed E-state index contributed by atoms with van der Waals surface area (Å²) in [6, 6.07) is 1.37. The molecule has 124 valence electrons. The second kappa shape index (κ2) is 5.81. The maximum Gasteiger partial charge on any atom is 0.489 e.